The van der Waals surface area contributed by atoms with Gasteiger partial charge in [0.1, 0.15) is 12.9 Å². The number of amides is 2. The number of aromatic nitrogens is 4. The molecular formula is C14H23N7O2. The van der Waals surface area contributed by atoms with Crippen LogP contribution in [0.4, 0.5) is 0 Å². The maximum absolute atomic E-state index is 12.4. The first-order valence-electron chi connectivity index (χ1n) is 8.17. The first kappa shape index (κ1) is 15.9. The van der Waals surface area contributed by atoms with Crippen LogP contribution in [0, 0.1) is 5.92 Å². The Morgan fingerprint density at radius 1 is 1.39 bits per heavy atom. The number of nitrogens with two attached hydrogens (primary N) is 1. The minimum atomic E-state index is 0.0289. The number of nitrogens with zero attached hydrogens (tertiary/aromatic N) is 6. The first-order chi connectivity index (χ1) is 11.2. The van der Waals surface area contributed by atoms with Crippen LogP contribution in [-0.2, 0) is 16.1 Å². The largest absolute Gasteiger partial charge is 0.341 e. The van der Waals surface area contributed by atoms with E-state index in [0.717, 1.165) is 25.8 Å². The molecule has 2 amide bonds. The molecule has 9 nitrogen and oxygen atoms in total. The fourth-order valence-electron chi connectivity index (χ4n) is 3.62. The molecule has 2 atom stereocenters. The number of piperidine rings is 2. The van der Waals surface area contributed by atoms with Crippen LogP contribution in [0.1, 0.15) is 25.7 Å². The zero-order valence-electron chi connectivity index (χ0n) is 13.2. The summed E-state index contributed by atoms with van der Waals surface area (Å²) in [6.45, 7) is 2.87. The average molecular weight is 321 g/mol. The molecule has 0 radical (unpaired) electrons. The van der Waals surface area contributed by atoms with Crippen molar-refractivity contribution in [3.8, 4) is 0 Å². The van der Waals surface area contributed by atoms with Crippen LogP contribution in [0.25, 0.3) is 0 Å². The zero-order valence-corrected chi connectivity index (χ0v) is 13.2. The van der Waals surface area contributed by atoms with Crippen LogP contribution in [0.15, 0.2) is 6.33 Å². The van der Waals surface area contributed by atoms with Crippen LogP contribution in [0.3, 0.4) is 0 Å². The molecule has 3 heterocycles. The van der Waals surface area contributed by atoms with E-state index in [1.807, 2.05) is 9.80 Å². The second-order valence-corrected chi connectivity index (χ2v) is 6.23. The number of tetrazole rings is 1. The van der Waals surface area contributed by atoms with Crippen LogP contribution in [-0.4, -0.2) is 74.0 Å². The molecule has 2 fully saturated rings. The van der Waals surface area contributed by atoms with Crippen molar-refractivity contribution in [3.05, 3.63) is 6.33 Å². The SMILES string of the molecule is NCCCN1C(=O)CC[C@H]2CN(C(=O)Cn3cnnn3)CC[C@H]21. The van der Waals surface area contributed by atoms with Gasteiger partial charge in [0.05, 0.1) is 0 Å². The molecule has 0 aromatic carbocycles. The van der Waals surface area contributed by atoms with E-state index in [1.165, 1.54) is 11.0 Å². The summed E-state index contributed by atoms with van der Waals surface area (Å²) >= 11 is 0. The summed E-state index contributed by atoms with van der Waals surface area (Å²) in [6.07, 6.45) is 4.54. The molecule has 1 aromatic heterocycles. The minimum Gasteiger partial charge on any atom is -0.341 e. The van der Waals surface area contributed by atoms with Gasteiger partial charge in [-0.25, -0.2) is 4.68 Å². The minimum absolute atomic E-state index is 0.0289. The van der Waals surface area contributed by atoms with Crippen molar-refractivity contribution in [3.63, 3.8) is 0 Å². The Hall–Kier alpha value is -2.03. The molecule has 0 aliphatic carbocycles. The Bertz CT molecular complexity index is 547. The van der Waals surface area contributed by atoms with E-state index in [1.54, 1.807) is 0 Å². The highest BCUT2D eigenvalue weighted by Crippen LogP contribution is 2.31. The molecule has 2 aliphatic heterocycles. The molecule has 1 aromatic rings. The lowest BCUT2D eigenvalue weighted by Gasteiger charge is -2.47. The van der Waals surface area contributed by atoms with E-state index in [9.17, 15) is 9.59 Å². The van der Waals surface area contributed by atoms with E-state index in [0.29, 0.717) is 32.0 Å². The molecule has 3 rings (SSSR count). The van der Waals surface area contributed by atoms with E-state index in [-0.39, 0.29) is 24.4 Å². The lowest BCUT2D eigenvalue weighted by atomic mass is 9.83. The molecule has 23 heavy (non-hydrogen) atoms. The summed E-state index contributed by atoms with van der Waals surface area (Å²) in [4.78, 5) is 28.4. The summed E-state index contributed by atoms with van der Waals surface area (Å²) in [6, 6.07) is 0.250. The van der Waals surface area contributed by atoms with Crippen molar-refractivity contribution < 1.29 is 9.59 Å². The summed E-state index contributed by atoms with van der Waals surface area (Å²) in [5.74, 6) is 0.617. The van der Waals surface area contributed by atoms with Gasteiger partial charge in [0.15, 0.2) is 0 Å². The summed E-state index contributed by atoms with van der Waals surface area (Å²) in [5, 5.41) is 10.8. The van der Waals surface area contributed by atoms with Crippen molar-refractivity contribution in [2.24, 2.45) is 11.7 Å². The smallest absolute Gasteiger partial charge is 0.244 e. The van der Waals surface area contributed by atoms with Crippen LogP contribution in [0.2, 0.25) is 0 Å². The van der Waals surface area contributed by atoms with E-state index < -0.39 is 0 Å². The third-order valence-electron chi connectivity index (χ3n) is 4.79. The number of carbonyl (C=O) groups is 2. The Morgan fingerprint density at radius 3 is 3.00 bits per heavy atom. The van der Waals surface area contributed by atoms with Gasteiger partial charge < -0.3 is 15.5 Å². The summed E-state index contributed by atoms with van der Waals surface area (Å²) in [7, 11) is 0. The predicted molar refractivity (Wildman–Crippen MR) is 80.9 cm³/mol. The quantitative estimate of drug-likeness (QED) is 0.734. The van der Waals surface area contributed by atoms with Gasteiger partial charge in [-0.05, 0) is 42.2 Å². The fourth-order valence-corrected chi connectivity index (χ4v) is 3.62. The Morgan fingerprint density at radius 2 is 2.26 bits per heavy atom. The van der Waals surface area contributed by atoms with Gasteiger partial charge in [-0.3, -0.25) is 9.59 Å². The lowest BCUT2D eigenvalue weighted by Crippen LogP contribution is -2.57. The number of hydrogen-bond acceptors (Lipinski definition) is 6. The third-order valence-corrected chi connectivity index (χ3v) is 4.79. The molecular weight excluding hydrogens is 298 g/mol. The van der Waals surface area contributed by atoms with Gasteiger partial charge in [-0.2, -0.15) is 0 Å². The highest BCUT2D eigenvalue weighted by Gasteiger charge is 2.39. The first-order valence-corrected chi connectivity index (χ1v) is 8.17. The molecule has 126 valence electrons. The molecule has 0 saturated carbocycles. The number of carbonyl (C=O) groups excluding carboxylic acids is 2. The Labute approximate surface area is 134 Å². The second-order valence-electron chi connectivity index (χ2n) is 6.23. The molecule has 2 saturated heterocycles. The van der Waals surface area contributed by atoms with Gasteiger partial charge in [0.25, 0.3) is 0 Å². The van der Waals surface area contributed by atoms with E-state index in [4.69, 9.17) is 5.73 Å². The van der Waals surface area contributed by atoms with Gasteiger partial charge in [-0.1, -0.05) is 0 Å². The van der Waals surface area contributed by atoms with Crippen LogP contribution < -0.4 is 5.73 Å². The molecule has 2 aliphatic rings. The maximum atomic E-state index is 12.4. The molecule has 0 spiro atoms. The van der Waals surface area contributed by atoms with Crippen molar-refractivity contribution in [2.45, 2.75) is 38.3 Å². The fraction of sp³-hybridized carbons (Fsp3) is 0.786. The van der Waals surface area contributed by atoms with Gasteiger partial charge >= 0.3 is 0 Å². The van der Waals surface area contributed by atoms with Crippen LogP contribution in [0.5, 0.6) is 0 Å². The monoisotopic (exact) mass is 321 g/mol. The number of fused-ring (bicyclic) bond motifs is 1. The average Bonchev–Trinajstić information content (AvgIpc) is 3.06. The van der Waals surface area contributed by atoms with Crippen molar-refractivity contribution >= 4 is 11.8 Å². The van der Waals surface area contributed by atoms with Crippen LogP contribution >= 0.6 is 0 Å². The van der Waals surface area contributed by atoms with Gasteiger partial charge in [0, 0.05) is 32.1 Å². The van der Waals surface area contributed by atoms with Gasteiger partial charge in [-0.15, -0.1) is 5.10 Å². The third kappa shape index (κ3) is 3.49. The predicted octanol–water partition coefficient (Wildman–Crippen LogP) is -1.14. The van der Waals surface area contributed by atoms with E-state index in [2.05, 4.69) is 15.5 Å². The zero-order chi connectivity index (χ0) is 16.2. The van der Waals surface area contributed by atoms with Crippen molar-refractivity contribution in [1.82, 2.24) is 30.0 Å². The second kappa shape index (κ2) is 7.03. The molecule has 9 heteroatoms. The number of likely N-dealkylation sites (tertiary alicyclic amines) is 2. The van der Waals surface area contributed by atoms with Crippen molar-refractivity contribution in [1.29, 1.82) is 0 Å². The standard InChI is InChI=1S/C14H23N7O2/c15-5-1-6-21-12-4-7-19(8-11(12)2-3-13(21)22)14(23)9-20-10-16-17-18-20/h10-12H,1-9,15H2/t11-,12+/m0/s1. The summed E-state index contributed by atoms with van der Waals surface area (Å²) in [5.41, 5.74) is 5.58. The lowest BCUT2D eigenvalue weighted by molar-refractivity contribution is -0.144. The Balaban J connectivity index is 1.60. The number of hydrogen-bond donors (Lipinski definition) is 1. The summed E-state index contributed by atoms with van der Waals surface area (Å²) < 4.78 is 1.44. The normalized spacial score (nSPS) is 24.7. The van der Waals surface area contributed by atoms with E-state index >= 15 is 0 Å². The van der Waals surface area contributed by atoms with Gasteiger partial charge in [0.2, 0.25) is 11.8 Å². The maximum Gasteiger partial charge on any atom is 0.244 e. The highest BCUT2D eigenvalue weighted by molar-refractivity contribution is 5.78. The molecule has 0 bridgehead atoms. The molecule has 2 N–H and O–H groups in total. The van der Waals surface area contributed by atoms with Crippen molar-refractivity contribution in [2.75, 3.05) is 26.2 Å². The highest BCUT2D eigenvalue weighted by atomic mass is 16.2. The Kier molecular flexibility index (Phi) is 4.85. The topological polar surface area (TPSA) is 110 Å². The molecule has 0 unspecified atom stereocenters. The number of rotatable bonds is 5.